The van der Waals surface area contributed by atoms with Gasteiger partial charge in [-0.1, -0.05) is 24.3 Å². The first-order valence-corrected chi connectivity index (χ1v) is 8.28. The Labute approximate surface area is 135 Å². The fourth-order valence-corrected chi connectivity index (χ4v) is 3.87. The molecule has 0 saturated carbocycles. The molecule has 2 atom stereocenters. The van der Waals surface area contributed by atoms with Crippen LogP contribution in [0.15, 0.2) is 36.5 Å². The number of nitrogens with zero attached hydrogens (tertiary/aromatic N) is 2. The van der Waals surface area contributed by atoms with Crippen molar-refractivity contribution in [3.8, 4) is 0 Å². The lowest BCUT2D eigenvalue weighted by atomic mass is 9.80. The summed E-state index contributed by atoms with van der Waals surface area (Å²) >= 11 is 0. The van der Waals surface area contributed by atoms with Crippen molar-refractivity contribution in [3.05, 3.63) is 36.5 Å². The van der Waals surface area contributed by atoms with Crippen molar-refractivity contribution in [2.24, 2.45) is 0 Å². The maximum absolute atomic E-state index is 10.4. The fourth-order valence-electron chi connectivity index (χ4n) is 3.87. The predicted molar refractivity (Wildman–Crippen MR) is 88.5 cm³/mol. The number of ether oxygens (including phenoxy) is 1. The van der Waals surface area contributed by atoms with Gasteiger partial charge in [0, 0.05) is 24.7 Å². The van der Waals surface area contributed by atoms with E-state index in [9.17, 15) is 10.2 Å². The monoisotopic (exact) mass is 314 g/mol. The van der Waals surface area contributed by atoms with Crippen LogP contribution >= 0.6 is 0 Å². The number of rotatable bonds is 1. The van der Waals surface area contributed by atoms with Crippen molar-refractivity contribution in [2.45, 2.75) is 37.1 Å². The third-order valence-corrected chi connectivity index (χ3v) is 5.27. The van der Waals surface area contributed by atoms with Crippen LogP contribution in [0, 0.1) is 0 Å². The Morgan fingerprint density at radius 3 is 2.74 bits per heavy atom. The highest BCUT2D eigenvalue weighted by Crippen LogP contribution is 2.37. The summed E-state index contributed by atoms with van der Waals surface area (Å²) in [7, 11) is 0. The van der Waals surface area contributed by atoms with Gasteiger partial charge in [0.05, 0.1) is 18.3 Å². The largest absolute Gasteiger partial charge is 0.390 e. The molecule has 2 aromatic rings. The number of fused-ring (bicyclic) bond motifs is 1. The molecular formula is C18H22N2O3. The second kappa shape index (κ2) is 5.74. The molecular weight excluding hydrogens is 292 g/mol. The average molecular weight is 314 g/mol. The van der Waals surface area contributed by atoms with E-state index < -0.39 is 17.8 Å². The smallest absolute Gasteiger partial charge is 0.136 e. The van der Waals surface area contributed by atoms with Crippen molar-refractivity contribution in [3.63, 3.8) is 0 Å². The zero-order chi connectivity index (χ0) is 15.9. The summed E-state index contributed by atoms with van der Waals surface area (Å²) in [6.45, 7) is 2.06. The summed E-state index contributed by atoms with van der Waals surface area (Å²) < 4.78 is 5.90. The quantitative estimate of drug-likeness (QED) is 0.839. The van der Waals surface area contributed by atoms with E-state index in [0.717, 1.165) is 24.3 Å². The molecule has 2 aliphatic rings. The number of anilines is 1. The van der Waals surface area contributed by atoms with E-state index in [-0.39, 0.29) is 0 Å². The molecule has 1 aromatic carbocycles. The summed E-state index contributed by atoms with van der Waals surface area (Å²) in [5, 5.41) is 22.7. The van der Waals surface area contributed by atoms with Crippen LogP contribution in [0.4, 0.5) is 5.82 Å². The SMILES string of the molecule is O[C@H]1CCOC2(CCN(c3nccc4ccccc34)CC2)[C@H]1O. The van der Waals surface area contributed by atoms with Crippen LogP contribution in [0.2, 0.25) is 0 Å². The molecule has 3 heterocycles. The number of aliphatic hydroxyl groups excluding tert-OH is 2. The van der Waals surface area contributed by atoms with Gasteiger partial charge in [-0.3, -0.25) is 0 Å². The van der Waals surface area contributed by atoms with Gasteiger partial charge in [0.1, 0.15) is 11.9 Å². The van der Waals surface area contributed by atoms with Gasteiger partial charge in [-0.25, -0.2) is 4.98 Å². The van der Waals surface area contributed by atoms with Crippen molar-refractivity contribution >= 4 is 16.6 Å². The Hall–Kier alpha value is -1.69. The fraction of sp³-hybridized carbons (Fsp3) is 0.500. The Balaban J connectivity index is 1.57. The molecule has 5 nitrogen and oxygen atoms in total. The molecule has 2 saturated heterocycles. The summed E-state index contributed by atoms with van der Waals surface area (Å²) in [6, 6.07) is 10.3. The second-order valence-corrected chi connectivity index (χ2v) is 6.56. The zero-order valence-electron chi connectivity index (χ0n) is 13.1. The molecule has 1 spiro atoms. The maximum atomic E-state index is 10.4. The second-order valence-electron chi connectivity index (χ2n) is 6.56. The summed E-state index contributed by atoms with van der Waals surface area (Å²) in [4.78, 5) is 6.83. The Morgan fingerprint density at radius 1 is 1.13 bits per heavy atom. The van der Waals surface area contributed by atoms with Crippen LogP contribution in [0.5, 0.6) is 0 Å². The average Bonchev–Trinajstić information content (AvgIpc) is 2.60. The minimum Gasteiger partial charge on any atom is -0.390 e. The van der Waals surface area contributed by atoms with E-state index in [1.165, 1.54) is 5.39 Å². The zero-order valence-corrected chi connectivity index (χ0v) is 13.1. The topological polar surface area (TPSA) is 65.8 Å². The molecule has 2 N–H and O–H groups in total. The van der Waals surface area contributed by atoms with Crippen molar-refractivity contribution in [1.29, 1.82) is 0 Å². The van der Waals surface area contributed by atoms with E-state index in [1.807, 2.05) is 24.4 Å². The lowest BCUT2D eigenvalue weighted by Gasteiger charge is -2.48. The van der Waals surface area contributed by atoms with E-state index in [2.05, 4.69) is 22.0 Å². The number of hydrogen-bond donors (Lipinski definition) is 2. The van der Waals surface area contributed by atoms with E-state index >= 15 is 0 Å². The molecule has 2 fully saturated rings. The van der Waals surface area contributed by atoms with Crippen LogP contribution in [0.1, 0.15) is 19.3 Å². The molecule has 2 aliphatic heterocycles. The van der Waals surface area contributed by atoms with Gasteiger partial charge < -0.3 is 19.8 Å². The van der Waals surface area contributed by atoms with E-state index in [1.54, 1.807) is 0 Å². The highest BCUT2D eigenvalue weighted by molar-refractivity contribution is 5.92. The van der Waals surface area contributed by atoms with Crippen LogP contribution < -0.4 is 4.90 Å². The van der Waals surface area contributed by atoms with Crippen LogP contribution in [0.25, 0.3) is 10.8 Å². The first kappa shape index (κ1) is 14.9. The molecule has 4 rings (SSSR count). The number of pyridine rings is 1. The van der Waals surface area contributed by atoms with Gasteiger partial charge in [-0.15, -0.1) is 0 Å². The molecule has 0 unspecified atom stereocenters. The molecule has 1 aromatic heterocycles. The number of aromatic nitrogens is 1. The summed E-state index contributed by atoms with van der Waals surface area (Å²) in [6.07, 6.45) is 2.30. The molecule has 122 valence electrons. The highest BCUT2D eigenvalue weighted by atomic mass is 16.5. The van der Waals surface area contributed by atoms with Gasteiger partial charge in [0.2, 0.25) is 0 Å². The van der Waals surface area contributed by atoms with E-state index in [0.29, 0.717) is 25.9 Å². The van der Waals surface area contributed by atoms with Crippen molar-refractivity contribution in [2.75, 3.05) is 24.6 Å². The van der Waals surface area contributed by atoms with Gasteiger partial charge in [-0.05, 0) is 30.7 Å². The van der Waals surface area contributed by atoms with Crippen LogP contribution in [-0.4, -0.2) is 52.7 Å². The molecule has 0 radical (unpaired) electrons. The van der Waals surface area contributed by atoms with E-state index in [4.69, 9.17) is 4.74 Å². The number of benzene rings is 1. The summed E-state index contributed by atoms with van der Waals surface area (Å²) in [5.41, 5.74) is -0.598. The van der Waals surface area contributed by atoms with Gasteiger partial charge >= 0.3 is 0 Å². The van der Waals surface area contributed by atoms with Crippen LogP contribution in [0.3, 0.4) is 0 Å². The highest BCUT2D eigenvalue weighted by Gasteiger charge is 2.47. The first-order chi connectivity index (χ1) is 11.2. The lowest BCUT2D eigenvalue weighted by molar-refractivity contribution is -0.205. The lowest BCUT2D eigenvalue weighted by Crippen LogP contribution is -2.60. The van der Waals surface area contributed by atoms with Crippen molar-refractivity contribution < 1.29 is 14.9 Å². The Morgan fingerprint density at radius 2 is 1.91 bits per heavy atom. The minimum atomic E-state index is -0.793. The standard InChI is InChI=1S/C18H22N2O3/c21-15-6-12-23-18(16(15)22)7-10-20(11-8-18)17-14-4-2-1-3-13(14)5-9-19-17/h1-5,9,15-16,21-22H,6-8,10-12H2/t15-,16-/m0/s1. The van der Waals surface area contributed by atoms with Crippen molar-refractivity contribution in [1.82, 2.24) is 4.98 Å². The van der Waals surface area contributed by atoms with Gasteiger partial charge in [0.15, 0.2) is 0 Å². The van der Waals surface area contributed by atoms with Gasteiger partial charge in [-0.2, -0.15) is 0 Å². The predicted octanol–water partition coefficient (Wildman–Crippen LogP) is 1.72. The van der Waals surface area contributed by atoms with Crippen LogP contribution in [-0.2, 0) is 4.74 Å². The first-order valence-electron chi connectivity index (χ1n) is 8.28. The molecule has 23 heavy (non-hydrogen) atoms. The molecule has 0 aliphatic carbocycles. The number of aliphatic hydroxyl groups is 2. The normalized spacial score (nSPS) is 27.5. The molecule has 5 heteroatoms. The minimum absolute atomic E-state index is 0.511. The van der Waals surface area contributed by atoms with Gasteiger partial charge in [0.25, 0.3) is 0 Å². The number of piperidine rings is 1. The third-order valence-electron chi connectivity index (χ3n) is 5.27. The third kappa shape index (κ3) is 2.49. The maximum Gasteiger partial charge on any atom is 0.136 e. The Kier molecular flexibility index (Phi) is 3.71. The molecule has 0 amide bonds. The Bertz CT molecular complexity index is 692. The number of hydrogen-bond acceptors (Lipinski definition) is 5. The summed E-state index contributed by atoms with van der Waals surface area (Å²) in [5.74, 6) is 0.990. The molecule has 0 bridgehead atoms.